The largest absolute Gasteiger partial charge is 0.396 e. The van der Waals surface area contributed by atoms with E-state index >= 15 is 0 Å². The third-order valence-corrected chi connectivity index (χ3v) is 17.0. The number of aromatic nitrogens is 10. The zero-order valence-electron chi connectivity index (χ0n) is 38.1. The van der Waals surface area contributed by atoms with Crippen LogP contribution >= 0.6 is 38.6 Å². The molecule has 1 aliphatic heterocycles. The van der Waals surface area contributed by atoms with Crippen molar-refractivity contribution in [2.75, 3.05) is 49.8 Å². The fraction of sp³-hybridized carbons (Fsp3) is 0.511. The Kier molecular flexibility index (Phi) is 15.4. The van der Waals surface area contributed by atoms with Gasteiger partial charge in [-0.1, -0.05) is 68.0 Å². The van der Waals surface area contributed by atoms with Gasteiger partial charge < -0.3 is 20.1 Å². The number of halogens is 1. The van der Waals surface area contributed by atoms with E-state index in [0.717, 1.165) is 121 Å². The molecule has 2 saturated carbocycles. The summed E-state index contributed by atoms with van der Waals surface area (Å²) >= 11 is 6.80. The van der Waals surface area contributed by atoms with Crippen molar-refractivity contribution in [3.8, 4) is 11.1 Å². The minimum atomic E-state index is -1.14. The maximum atomic E-state index is 9.06. The minimum Gasteiger partial charge on any atom is -0.396 e. The molecule has 10 rings (SSSR count). The highest BCUT2D eigenvalue weighted by Crippen LogP contribution is 2.39. The third kappa shape index (κ3) is 12.0. The van der Waals surface area contributed by atoms with E-state index in [0.29, 0.717) is 24.6 Å². The zero-order chi connectivity index (χ0) is 45.5. The van der Waals surface area contributed by atoms with Gasteiger partial charge in [0.15, 0.2) is 0 Å². The molecule has 1 saturated heterocycles. The summed E-state index contributed by atoms with van der Waals surface area (Å²) in [5.41, 5.74) is 5.47. The second-order valence-corrected chi connectivity index (χ2v) is 27.4. The molecule has 8 heterocycles. The molecule has 7 aromatic heterocycles. The summed E-state index contributed by atoms with van der Waals surface area (Å²) in [4.78, 5) is 23.2. The number of hydrogen-bond donors (Lipinski definition) is 2. The van der Waals surface area contributed by atoms with Gasteiger partial charge in [-0.3, -0.25) is 19.5 Å². The maximum Gasteiger partial charge on any atom is 0.215 e. The van der Waals surface area contributed by atoms with Gasteiger partial charge in [0.05, 0.1) is 34.3 Å². The van der Waals surface area contributed by atoms with Crippen LogP contribution in [0.1, 0.15) is 98.5 Å². The summed E-state index contributed by atoms with van der Waals surface area (Å²) in [7, 11) is -1.14. The van der Waals surface area contributed by atoms with Crippen molar-refractivity contribution in [1.82, 2.24) is 55.0 Å². The number of anilines is 4. The smallest absolute Gasteiger partial charge is 0.215 e. The fourth-order valence-corrected chi connectivity index (χ4v) is 11.9. The van der Waals surface area contributed by atoms with Crippen LogP contribution < -0.4 is 10.2 Å². The number of likely N-dealkylation sites (tertiary alicyclic amines) is 1. The van der Waals surface area contributed by atoms with Crippen molar-refractivity contribution in [2.24, 2.45) is 0 Å². The molecule has 66 heavy (non-hydrogen) atoms. The molecule has 0 unspecified atom stereocenters. The standard InChI is InChI=1S/C26H32N8OS.C21H28BrN5OSSi/c35-13-3-10-33-11-8-21(9-12-33)34-17-20(16-28-34)19-14-23-22(27-15-19)6-7-24(29-23)30-26-32-31-25(36-26)18-4-1-2-5-18;1-30(2,3)11-10-28-14-27(21-26-25-20(29-21)15-6-4-5-7-15)19-9-8-17-18(24-19)12-16(22)13-23-17/h6-7,14-18,21,35H,1-5,8-13H2,(H,29,30,32);8-9,12-13,15H,4-7,10-11,14H2,1-3H3. The molecular formula is C47H60BrN13O2S2Si. The maximum absolute atomic E-state index is 9.06. The first-order chi connectivity index (χ1) is 32.1. The number of nitrogens with zero attached hydrogens (tertiary/aromatic N) is 12. The number of rotatable bonds is 16. The molecule has 0 aromatic carbocycles. The third-order valence-electron chi connectivity index (χ3n) is 12.8. The number of aliphatic hydroxyl groups is 1. The van der Waals surface area contributed by atoms with Crippen LogP contribution in [-0.4, -0.2) is 108 Å². The van der Waals surface area contributed by atoms with Crippen LogP contribution in [0.3, 0.4) is 0 Å². The summed E-state index contributed by atoms with van der Waals surface area (Å²) in [5.74, 6) is 2.67. The first kappa shape index (κ1) is 46.7. The normalized spacial score (nSPS) is 16.6. The molecule has 0 amide bonds. The summed E-state index contributed by atoms with van der Waals surface area (Å²) in [6.45, 7) is 11.6. The van der Waals surface area contributed by atoms with Crippen LogP contribution in [-0.2, 0) is 4.74 Å². The van der Waals surface area contributed by atoms with Gasteiger partial charge in [-0.15, -0.1) is 20.4 Å². The molecule has 19 heteroatoms. The second-order valence-electron chi connectivity index (χ2n) is 18.9. The van der Waals surface area contributed by atoms with Crippen molar-refractivity contribution in [3.05, 3.63) is 75.7 Å². The lowest BCUT2D eigenvalue weighted by Crippen LogP contribution is -2.35. The minimum absolute atomic E-state index is 0.262. The Balaban J connectivity index is 0.000000169. The van der Waals surface area contributed by atoms with Crippen molar-refractivity contribution in [3.63, 3.8) is 0 Å². The van der Waals surface area contributed by atoms with Crippen LogP contribution in [0.2, 0.25) is 25.7 Å². The lowest BCUT2D eigenvalue weighted by molar-refractivity contribution is 0.153. The van der Waals surface area contributed by atoms with Gasteiger partial charge in [-0.05, 0) is 103 Å². The Hall–Kier alpha value is -4.37. The highest BCUT2D eigenvalue weighted by Gasteiger charge is 2.26. The molecule has 2 N–H and O–H groups in total. The Morgan fingerprint density at radius 2 is 1.48 bits per heavy atom. The molecule has 15 nitrogen and oxygen atoms in total. The zero-order valence-corrected chi connectivity index (χ0v) is 42.4. The summed E-state index contributed by atoms with van der Waals surface area (Å²) < 4.78 is 9.10. The van der Waals surface area contributed by atoms with E-state index in [-0.39, 0.29) is 6.61 Å². The molecule has 3 fully saturated rings. The molecule has 2 aliphatic carbocycles. The predicted molar refractivity (Wildman–Crippen MR) is 271 cm³/mol. The van der Waals surface area contributed by atoms with E-state index in [1.807, 2.05) is 47.6 Å². The van der Waals surface area contributed by atoms with E-state index in [2.05, 4.69) is 98.2 Å². The van der Waals surface area contributed by atoms with Gasteiger partial charge in [-0.2, -0.15) is 5.10 Å². The van der Waals surface area contributed by atoms with Crippen molar-refractivity contribution in [1.29, 1.82) is 0 Å². The lowest BCUT2D eigenvalue weighted by atomic mass is 10.0. The Labute approximate surface area is 404 Å². The van der Waals surface area contributed by atoms with Crippen LogP contribution in [0.15, 0.2) is 65.7 Å². The van der Waals surface area contributed by atoms with E-state index in [1.54, 1.807) is 28.9 Å². The van der Waals surface area contributed by atoms with Crippen molar-refractivity contribution >= 4 is 90.6 Å². The number of fused-ring (bicyclic) bond motifs is 2. The SMILES string of the molecule is C[Si](C)(C)CCOCN(c1ccc2ncc(Br)cc2n1)c1nnc(C2CCCC2)s1.OCCCN1CCC(n2cc(-c3cnc4ccc(Nc5nnc(C6CCCC6)s5)nc4c3)cn2)CC1. The molecule has 3 aliphatic rings. The summed E-state index contributed by atoms with van der Waals surface area (Å²) in [6.07, 6.45) is 20.8. The van der Waals surface area contributed by atoms with Gasteiger partial charge in [0.1, 0.15) is 28.4 Å². The molecule has 7 aromatic rings. The highest BCUT2D eigenvalue weighted by molar-refractivity contribution is 9.10. The van der Waals surface area contributed by atoms with Crippen molar-refractivity contribution < 1.29 is 9.84 Å². The number of hydrogen-bond acceptors (Lipinski definition) is 16. The van der Waals surface area contributed by atoms with E-state index < -0.39 is 8.07 Å². The first-order valence-electron chi connectivity index (χ1n) is 23.5. The van der Waals surface area contributed by atoms with Gasteiger partial charge in [0.25, 0.3) is 0 Å². The lowest BCUT2D eigenvalue weighted by Gasteiger charge is -2.31. The average Bonchev–Trinajstić information content (AvgIpc) is 4.19. The molecule has 348 valence electrons. The summed E-state index contributed by atoms with van der Waals surface area (Å²) in [6, 6.07) is 13.5. The fourth-order valence-electron chi connectivity index (χ4n) is 8.90. The highest BCUT2D eigenvalue weighted by atomic mass is 79.9. The summed E-state index contributed by atoms with van der Waals surface area (Å²) in [5, 5.41) is 38.8. The molecule has 0 spiro atoms. The number of piperidine rings is 1. The number of ether oxygens (including phenoxy) is 1. The molecular weight excluding hydrogens is 951 g/mol. The average molecular weight is 1010 g/mol. The molecule has 0 radical (unpaired) electrons. The molecule has 0 bridgehead atoms. The van der Waals surface area contributed by atoms with Crippen LogP contribution in [0.25, 0.3) is 33.2 Å². The molecule has 0 atom stereocenters. The Bertz CT molecular complexity index is 2670. The number of pyridine rings is 4. The first-order valence-corrected chi connectivity index (χ1v) is 29.6. The van der Waals surface area contributed by atoms with E-state index in [4.69, 9.17) is 19.8 Å². The predicted octanol–water partition coefficient (Wildman–Crippen LogP) is 11.1. The van der Waals surface area contributed by atoms with Gasteiger partial charge >= 0.3 is 0 Å². The van der Waals surface area contributed by atoms with Crippen LogP contribution in [0, 0.1) is 0 Å². The van der Waals surface area contributed by atoms with E-state index in [9.17, 15) is 0 Å². The van der Waals surface area contributed by atoms with E-state index in [1.165, 1.54) is 51.4 Å². The van der Waals surface area contributed by atoms with Crippen LogP contribution in [0.5, 0.6) is 0 Å². The van der Waals surface area contributed by atoms with Crippen LogP contribution in [0.4, 0.5) is 21.9 Å². The quantitative estimate of drug-likeness (QED) is 0.0533. The van der Waals surface area contributed by atoms with Gasteiger partial charge in [-0.25, -0.2) is 9.97 Å². The Morgan fingerprint density at radius 1 is 0.788 bits per heavy atom. The number of nitrogens with one attached hydrogen (secondary N) is 1. The second kappa shape index (κ2) is 21.7. The topological polar surface area (TPSA) is 169 Å². The van der Waals surface area contributed by atoms with Gasteiger partial charge in [0.2, 0.25) is 10.3 Å². The number of aliphatic hydroxyl groups excluding tert-OH is 1. The Morgan fingerprint density at radius 3 is 2.23 bits per heavy atom. The van der Waals surface area contributed by atoms with Gasteiger partial charge in [0, 0.05) is 86.9 Å². The van der Waals surface area contributed by atoms with Crippen molar-refractivity contribution in [2.45, 2.75) is 114 Å². The monoisotopic (exact) mass is 1010 g/mol.